The Kier molecular flexibility index (Phi) is 4.34. The Hall–Kier alpha value is -1.06. The summed E-state index contributed by atoms with van der Waals surface area (Å²) < 4.78 is 0. The predicted octanol–water partition coefficient (Wildman–Crippen LogP) is 3.06. The van der Waals surface area contributed by atoms with Crippen LogP contribution in [0.2, 0.25) is 0 Å². The summed E-state index contributed by atoms with van der Waals surface area (Å²) in [6.45, 7) is 5.09. The minimum Gasteiger partial charge on any atom is -0.339 e. The van der Waals surface area contributed by atoms with Crippen LogP contribution in [0.1, 0.15) is 64.7 Å². The van der Waals surface area contributed by atoms with Gasteiger partial charge in [-0.1, -0.05) is 13.3 Å². The highest BCUT2D eigenvalue weighted by molar-refractivity contribution is 5.84. The van der Waals surface area contributed by atoms with E-state index in [2.05, 4.69) is 11.8 Å². The quantitative estimate of drug-likeness (QED) is 0.794. The molecule has 0 N–H and O–H groups in total. The lowest BCUT2D eigenvalue weighted by Gasteiger charge is -2.57. The second kappa shape index (κ2) is 6.34. The molecule has 4 heteroatoms. The maximum absolute atomic E-state index is 13.3. The highest BCUT2D eigenvalue weighted by Gasteiger charge is 2.55. The van der Waals surface area contributed by atoms with Gasteiger partial charge in [0.2, 0.25) is 11.8 Å². The number of nitrogens with zero attached hydrogens (tertiary/aromatic N) is 2. The summed E-state index contributed by atoms with van der Waals surface area (Å²) >= 11 is 0. The molecule has 2 amide bonds. The SMILES string of the molecule is CCCCC(=O)N1CCN(C(=O)C23CC4CC(CC(C4)C2)C3)CC1. The van der Waals surface area contributed by atoms with Gasteiger partial charge in [-0.15, -0.1) is 0 Å². The predicted molar refractivity (Wildman–Crippen MR) is 93.3 cm³/mol. The van der Waals surface area contributed by atoms with Crippen LogP contribution in [0, 0.1) is 23.2 Å². The lowest BCUT2D eigenvalue weighted by atomic mass is 9.49. The van der Waals surface area contributed by atoms with Crippen LogP contribution in [-0.2, 0) is 9.59 Å². The summed E-state index contributed by atoms with van der Waals surface area (Å²) in [5.41, 5.74) is -0.0247. The van der Waals surface area contributed by atoms with E-state index in [4.69, 9.17) is 0 Å². The molecule has 1 saturated heterocycles. The second-order valence-electron chi connectivity index (χ2n) is 8.97. The molecule has 0 spiro atoms. The Bertz CT molecular complexity index is 472. The molecular weight excluding hydrogens is 300 g/mol. The molecule has 4 aliphatic carbocycles. The third-order valence-electron chi connectivity index (χ3n) is 7.16. The van der Waals surface area contributed by atoms with Gasteiger partial charge in [0.15, 0.2) is 0 Å². The third kappa shape index (κ3) is 2.86. The van der Waals surface area contributed by atoms with E-state index in [0.29, 0.717) is 12.3 Å². The molecule has 0 unspecified atom stereocenters. The van der Waals surface area contributed by atoms with Crippen molar-refractivity contribution >= 4 is 11.8 Å². The highest BCUT2D eigenvalue weighted by Crippen LogP contribution is 2.60. The van der Waals surface area contributed by atoms with Crippen LogP contribution in [0.25, 0.3) is 0 Å². The molecular formula is C20H32N2O2. The van der Waals surface area contributed by atoms with Crippen LogP contribution in [0.4, 0.5) is 0 Å². The van der Waals surface area contributed by atoms with E-state index >= 15 is 0 Å². The molecule has 0 radical (unpaired) electrons. The van der Waals surface area contributed by atoms with Gasteiger partial charge >= 0.3 is 0 Å². The van der Waals surface area contributed by atoms with Crippen LogP contribution >= 0.6 is 0 Å². The minimum absolute atomic E-state index is 0.0247. The zero-order chi connectivity index (χ0) is 16.7. The van der Waals surface area contributed by atoms with Crippen LogP contribution < -0.4 is 0 Å². The summed E-state index contributed by atoms with van der Waals surface area (Å²) in [6, 6.07) is 0. The minimum atomic E-state index is -0.0247. The molecule has 4 bridgehead atoms. The maximum Gasteiger partial charge on any atom is 0.228 e. The number of carbonyl (C=O) groups excluding carboxylic acids is 2. The summed E-state index contributed by atoms with van der Waals surface area (Å²) in [6.07, 6.45) is 10.3. The fraction of sp³-hybridized carbons (Fsp3) is 0.900. The van der Waals surface area contributed by atoms with E-state index in [-0.39, 0.29) is 11.3 Å². The van der Waals surface area contributed by atoms with Crippen LogP contribution in [0.3, 0.4) is 0 Å². The van der Waals surface area contributed by atoms with Crippen LogP contribution in [0.5, 0.6) is 0 Å². The number of amides is 2. The molecule has 0 aromatic carbocycles. The number of carbonyl (C=O) groups is 2. The molecule has 0 atom stereocenters. The van der Waals surface area contributed by atoms with Crippen molar-refractivity contribution in [3.05, 3.63) is 0 Å². The lowest BCUT2D eigenvalue weighted by Crippen LogP contribution is -2.58. The van der Waals surface area contributed by atoms with Gasteiger partial charge in [0, 0.05) is 32.6 Å². The number of piperazine rings is 1. The van der Waals surface area contributed by atoms with Gasteiger partial charge in [-0.05, 0) is 62.7 Å². The van der Waals surface area contributed by atoms with Crippen molar-refractivity contribution in [2.75, 3.05) is 26.2 Å². The zero-order valence-electron chi connectivity index (χ0n) is 15.1. The van der Waals surface area contributed by atoms with E-state index in [0.717, 1.165) is 76.0 Å². The summed E-state index contributed by atoms with van der Waals surface area (Å²) in [5.74, 6) is 3.16. The van der Waals surface area contributed by atoms with Crippen molar-refractivity contribution in [3.8, 4) is 0 Å². The van der Waals surface area contributed by atoms with Crippen molar-refractivity contribution in [2.45, 2.75) is 64.7 Å². The monoisotopic (exact) mass is 332 g/mol. The van der Waals surface area contributed by atoms with Gasteiger partial charge < -0.3 is 9.80 Å². The molecule has 24 heavy (non-hydrogen) atoms. The molecule has 5 rings (SSSR count). The molecule has 1 heterocycles. The van der Waals surface area contributed by atoms with E-state index < -0.39 is 0 Å². The zero-order valence-corrected chi connectivity index (χ0v) is 15.1. The average Bonchev–Trinajstić information content (AvgIpc) is 2.58. The molecule has 134 valence electrons. The topological polar surface area (TPSA) is 40.6 Å². The molecule has 5 aliphatic rings. The van der Waals surface area contributed by atoms with Crippen LogP contribution in [-0.4, -0.2) is 47.8 Å². The molecule has 4 nitrogen and oxygen atoms in total. The van der Waals surface area contributed by atoms with E-state index in [1.807, 2.05) is 4.90 Å². The number of rotatable bonds is 4. The van der Waals surface area contributed by atoms with Gasteiger partial charge in [-0.25, -0.2) is 0 Å². The molecule has 1 aliphatic heterocycles. The van der Waals surface area contributed by atoms with Crippen molar-refractivity contribution in [3.63, 3.8) is 0 Å². The number of hydrogen-bond donors (Lipinski definition) is 0. The Morgan fingerprint density at radius 2 is 1.38 bits per heavy atom. The van der Waals surface area contributed by atoms with Gasteiger partial charge in [0.05, 0.1) is 5.41 Å². The van der Waals surface area contributed by atoms with Crippen molar-refractivity contribution in [1.29, 1.82) is 0 Å². The first-order valence-electron chi connectivity index (χ1n) is 10.2. The largest absolute Gasteiger partial charge is 0.339 e. The highest BCUT2D eigenvalue weighted by atomic mass is 16.2. The normalized spacial score (nSPS) is 37.8. The Balaban J connectivity index is 1.36. The van der Waals surface area contributed by atoms with Crippen LogP contribution in [0.15, 0.2) is 0 Å². The fourth-order valence-corrected chi connectivity index (χ4v) is 6.35. The average molecular weight is 332 g/mol. The first kappa shape index (κ1) is 16.4. The van der Waals surface area contributed by atoms with Crippen molar-refractivity contribution in [2.24, 2.45) is 23.2 Å². The van der Waals surface area contributed by atoms with E-state index in [9.17, 15) is 9.59 Å². The van der Waals surface area contributed by atoms with Gasteiger partial charge in [0.25, 0.3) is 0 Å². The van der Waals surface area contributed by atoms with Crippen molar-refractivity contribution in [1.82, 2.24) is 9.80 Å². The second-order valence-corrected chi connectivity index (χ2v) is 8.97. The summed E-state index contributed by atoms with van der Waals surface area (Å²) in [7, 11) is 0. The van der Waals surface area contributed by atoms with Gasteiger partial charge in [-0.2, -0.15) is 0 Å². The smallest absolute Gasteiger partial charge is 0.228 e. The van der Waals surface area contributed by atoms with E-state index in [1.54, 1.807) is 0 Å². The molecule has 4 saturated carbocycles. The number of hydrogen-bond acceptors (Lipinski definition) is 2. The number of unbranched alkanes of at least 4 members (excludes halogenated alkanes) is 1. The third-order valence-corrected chi connectivity index (χ3v) is 7.16. The van der Waals surface area contributed by atoms with Gasteiger partial charge in [0.1, 0.15) is 0 Å². The molecule has 5 fully saturated rings. The maximum atomic E-state index is 13.3. The molecule has 0 aromatic heterocycles. The standard InChI is InChI=1S/C20H32N2O2/c1-2-3-4-18(23)21-5-7-22(8-6-21)19(24)20-12-15-9-16(13-20)11-17(10-15)14-20/h15-17H,2-14H2,1H3. The van der Waals surface area contributed by atoms with E-state index in [1.165, 1.54) is 19.3 Å². The lowest BCUT2D eigenvalue weighted by molar-refractivity contribution is -0.160. The fourth-order valence-electron chi connectivity index (χ4n) is 6.35. The molecule has 0 aromatic rings. The van der Waals surface area contributed by atoms with Crippen molar-refractivity contribution < 1.29 is 9.59 Å². The first-order chi connectivity index (χ1) is 11.6. The Morgan fingerprint density at radius 1 is 0.875 bits per heavy atom. The first-order valence-corrected chi connectivity index (χ1v) is 10.2. The Morgan fingerprint density at radius 3 is 1.88 bits per heavy atom. The summed E-state index contributed by atoms with van der Waals surface area (Å²) in [4.78, 5) is 29.6. The van der Waals surface area contributed by atoms with Gasteiger partial charge in [-0.3, -0.25) is 9.59 Å². The summed E-state index contributed by atoms with van der Waals surface area (Å²) in [5, 5.41) is 0. The Labute approximate surface area is 145 Å².